The first-order valence-corrected chi connectivity index (χ1v) is 8.68. The molecule has 22 heavy (non-hydrogen) atoms. The summed E-state index contributed by atoms with van der Waals surface area (Å²) in [7, 11) is 0. The van der Waals surface area contributed by atoms with Crippen molar-refractivity contribution in [1.82, 2.24) is 4.90 Å². The van der Waals surface area contributed by atoms with E-state index in [4.69, 9.17) is 9.47 Å². The van der Waals surface area contributed by atoms with Gasteiger partial charge in [-0.25, -0.2) is 0 Å². The van der Waals surface area contributed by atoms with Crippen molar-refractivity contribution in [2.24, 2.45) is 5.92 Å². The molecular formula is C19H31NO2. The van der Waals surface area contributed by atoms with E-state index >= 15 is 0 Å². The molecule has 1 aromatic rings. The molecule has 0 spiro atoms. The molecule has 0 saturated carbocycles. The molecule has 1 fully saturated rings. The van der Waals surface area contributed by atoms with Crippen molar-refractivity contribution in [3.63, 3.8) is 0 Å². The van der Waals surface area contributed by atoms with Crippen LogP contribution >= 0.6 is 0 Å². The highest BCUT2D eigenvalue weighted by atomic mass is 16.5. The second-order valence-corrected chi connectivity index (χ2v) is 6.68. The van der Waals surface area contributed by atoms with E-state index in [9.17, 15) is 0 Å². The lowest BCUT2D eigenvalue weighted by Gasteiger charge is -2.29. The van der Waals surface area contributed by atoms with Crippen molar-refractivity contribution < 1.29 is 9.47 Å². The minimum Gasteiger partial charge on any atom is -0.491 e. The highest BCUT2D eigenvalue weighted by molar-refractivity contribution is 5.35. The van der Waals surface area contributed by atoms with Crippen LogP contribution in [0.2, 0.25) is 0 Å². The fourth-order valence-electron chi connectivity index (χ4n) is 2.88. The van der Waals surface area contributed by atoms with Crippen LogP contribution in [-0.4, -0.2) is 44.4 Å². The molecule has 0 aromatic heterocycles. The molecule has 0 radical (unpaired) electrons. The zero-order chi connectivity index (χ0) is 15.8. The maximum absolute atomic E-state index is 5.87. The van der Waals surface area contributed by atoms with Gasteiger partial charge in [0.2, 0.25) is 0 Å². The van der Waals surface area contributed by atoms with Gasteiger partial charge >= 0.3 is 0 Å². The van der Waals surface area contributed by atoms with Crippen LogP contribution < -0.4 is 4.74 Å². The third-order valence-electron chi connectivity index (χ3n) is 4.45. The zero-order valence-electron chi connectivity index (χ0n) is 14.4. The molecule has 1 heterocycles. The first-order valence-electron chi connectivity index (χ1n) is 8.68. The molecule has 0 unspecified atom stereocenters. The minimum atomic E-state index is 0.485. The Bertz CT molecular complexity index is 425. The van der Waals surface area contributed by atoms with Crippen LogP contribution in [0.1, 0.15) is 45.1 Å². The van der Waals surface area contributed by atoms with Crippen molar-refractivity contribution in [3.8, 4) is 5.75 Å². The predicted octanol–water partition coefficient (Wildman–Crippen LogP) is 3.94. The van der Waals surface area contributed by atoms with Gasteiger partial charge in [0.05, 0.1) is 13.2 Å². The van der Waals surface area contributed by atoms with E-state index in [0.717, 1.165) is 24.8 Å². The van der Waals surface area contributed by atoms with Crippen molar-refractivity contribution in [2.45, 2.75) is 39.5 Å². The zero-order valence-corrected chi connectivity index (χ0v) is 14.4. The van der Waals surface area contributed by atoms with Gasteiger partial charge in [0, 0.05) is 6.54 Å². The van der Waals surface area contributed by atoms with Crippen LogP contribution in [0, 0.1) is 5.92 Å². The Kier molecular flexibility index (Phi) is 7.20. The number of hydrogen-bond donors (Lipinski definition) is 0. The molecule has 3 heteroatoms. The molecule has 1 aliphatic heterocycles. The number of para-hydroxylation sites is 1. The summed E-state index contributed by atoms with van der Waals surface area (Å²) in [6, 6.07) is 8.28. The molecule has 124 valence electrons. The van der Waals surface area contributed by atoms with E-state index in [2.05, 4.69) is 37.8 Å². The lowest BCUT2D eigenvalue weighted by molar-refractivity contribution is 0.0706. The molecule has 0 bridgehead atoms. The first kappa shape index (κ1) is 17.3. The Morgan fingerprint density at radius 1 is 1.09 bits per heavy atom. The van der Waals surface area contributed by atoms with E-state index in [1.807, 2.05) is 12.1 Å². The summed E-state index contributed by atoms with van der Waals surface area (Å²) >= 11 is 0. The Hall–Kier alpha value is -1.06. The second-order valence-electron chi connectivity index (χ2n) is 6.68. The quantitative estimate of drug-likeness (QED) is 0.679. The molecular weight excluding hydrogens is 274 g/mol. The molecule has 0 N–H and O–H groups in total. The maximum Gasteiger partial charge on any atom is 0.122 e. The second kappa shape index (κ2) is 9.16. The van der Waals surface area contributed by atoms with E-state index in [-0.39, 0.29) is 0 Å². The topological polar surface area (TPSA) is 21.7 Å². The van der Waals surface area contributed by atoms with E-state index in [0.29, 0.717) is 19.1 Å². The molecule has 0 aliphatic carbocycles. The predicted molar refractivity (Wildman–Crippen MR) is 91.7 cm³/mol. The molecule has 0 amide bonds. The fraction of sp³-hybridized carbons (Fsp3) is 0.684. The molecule has 1 aliphatic rings. The third-order valence-corrected chi connectivity index (χ3v) is 4.45. The molecule has 1 aromatic carbocycles. The van der Waals surface area contributed by atoms with E-state index < -0.39 is 0 Å². The molecule has 1 saturated heterocycles. The summed E-state index contributed by atoms with van der Waals surface area (Å²) in [4.78, 5) is 2.51. The van der Waals surface area contributed by atoms with Crippen molar-refractivity contribution in [3.05, 3.63) is 29.8 Å². The van der Waals surface area contributed by atoms with Crippen molar-refractivity contribution >= 4 is 0 Å². The molecule has 2 rings (SSSR count). The summed E-state index contributed by atoms with van der Waals surface area (Å²) in [5.74, 6) is 2.37. The normalized spacial score (nSPS) is 17.1. The molecule has 3 nitrogen and oxygen atoms in total. The van der Waals surface area contributed by atoms with Crippen LogP contribution in [0.5, 0.6) is 5.75 Å². The van der Waals surface area contributed by atoms with Crippen LogP contribution in [0.15, 0.2) is 24.3 Å². The summed E-state index contributed by atoms with van der Waals surface area (Å²) in [6.07, 6.45) is 2.66. The number of hydrogen-bond acceptors (Lipinski definition) is 3. The van der Waals surface area contributed by atoms with Gasteiger partial charge in [-0.1, -0.05) is 39.0 Å². The summed E-state index contributed by atoms with van der Waals surface area (Å²) in [5.41, 5.74) is 1.27. The van der Waals surface area contributed by atoms with Gasteiger partial charge in [0.15, 0.2) is 0 Å². The largest absolute Gasteiger partial charge is 0.491 e. The van der Waals surface area contributed by atoms with Crippen LogP contribution in [0.4, 0.5) is 0 Å². The minimum absolute atomic E-state index is 0.485. The van der Waals surface area contributed by atoms with Crippen molar-refractivity contribution in [2.75, 3.05) is 39.5 Å². The standard InChI is InChI=1S/C19H31NO2/c1-16(2)18-6-4-5-7-19(18)22-15-14-21-13-12-20-10-8-17(3)9-11-20/h4-7,16-17H,8-15H2,1-3H3. The summed E-state index contributed by atoms with van der Waals surface area (Å²) in [5, 5.41) is 0. The van der Waals surface area contributed by atoms with Gasteiger partial charge in [-0.15, -0.1) is 0 Å². The van der Waals surface area contributed by atoms with Gasteiger partial charge in [-0.05, 0) is 49.4 Å². The van der Waals surface area contributed by atoms with E-state index in [1.54, 1.807) is 0 Å². The lowest BCUT2D eigenvalue weighted by atomic mass is 9.99. The summed E-state index contributed by atoms with van der Waals surface area (Å²) < 4.78 is 11.6. The van der Waals surface area contributed by atoms with Gasteiger partial charge in [0.1, 0.15) is 12.4 Å². The number of ether oxygens (including phenoxy) is 2. The molecule has 0 atom stereocenters. The Labute approximate surface area is 135 Å². The monoisotopic (exact) mass is 305 g/mol. The maximum atomic E-state index is 5.87. The van der Waals surface area contributed by atoms with Gasteiger partial charge in [0.25, 0.3) is 0 Å². The number of nitrogens with zero attached hydrogens (tertiary/aromatic N) is 1. The number of piperidine rings is 1. The fourth-order valence-corrected chi connectivity index (χ4v) is 2.88. The number of likely N-dealkylation sites (tertiary alicyclic amines) is 1. The van der Waals surface area contributed by atoms with Crippen LogP contribution in [-0.2, 0) is 4.74 Å². The highest BCUT2D eigenvalue weighted by Gasteiger charge is 2.14. The Morgan fingerprint density at radius 2 is 1.82 bits per heavy atom. The number of benzene rings is 1. The van der Waals surface area contributed by atoms with Gasteiger partial charge in [-0.3, -0.25) is 0 Å². The average Bonchev–Trinajstić information content (AvgIpc) is 2.52. The van der Waals surface area contributed by atoms with Gasteiger partial charge < -0.3 is 14.4 Å². The Morgan fingerprint density at radius 3 is 2.55 bits per heavy atom. The summed E-state index contributed by atoms with van der Waals surface area (Å²) in [6.45, 7) is 12.3. The first-order chi connectivity index (χ1) is 10.7. The smallest absolute Gasteiger partial charge is 0.122 e. The van der Waals surface area contributed by atoms with Crippen LogP contribution in [0.25, 0.3) is 0 Å². The van der Waals surface area contributed by atoms with E-state index in [1.165, 1.54) is 31.5 Å². The lowest BCUT2D eigenvalue weighted by Crippen LogP contribution is -2.35. The van der Waals surface area contributed by atoms with Crippen molar-refractivity contribution in [1.29, 1.82) is 0 Å². The van der Waals surface area contributed by atoms with Crippen LogP contribution in [0.3, 0.4) is 0 Å². The average molecular weight is 305 g/mol. The van der Waals surface area contributed by atoms with Gasteiger partial charge in [-0.2, -0.15) is 0 Å². The Balaban J connectivity index is 1.58. The third kappa shape index (κ3) is 5.62. The number of rotatable bonds is 8. The highest BCUT2D eigenvalue weighted by Crippen LogP contribution is 2.25. The SMILES string of the molecule is CC1CCN(CCOCCOc2ccccc2C(C)C)CC1.